The van der Waals surface area contributed by atoms with Crippen molar-refractivity contribution in [3.05, 3.63) is 34.5 Å². The Morgan fingerprint density at radius 2 is 1.90 bits per heavy atom. The van der Waals surface area contributed by atoms with Crippen LogP contribution in [0.1, 0.15) is 23.7 Å². The van der Waals surface area contributed by atoms with Crippen molar-refractivity contribution in [2.45, 2.75) is 12.6 Å². The quantitative estimate of drug-likeness (QED) is 0.162. The number of hydrogen-bond donors (Lipinski definition) is 6. The number of hydrogen-bond acceptors (Lipinski definition) is 7. The lowest BCUT2D eigenvalue weighted by Crippen LogP contribution is -2.36. The van der Waals surface area contributed by atoms with Crippen LogP contribution in [0.5, 0.6) is 0 Å². The lowest BCUT2D eigenvalue weighted by atomic mass is 10.1. The van der Waals surface area contributed by atoms with Gasteiger partial charge in [-0.15, -0.1) is 5.01 Å². The van der Waals surface area contributed by atoms with Crippen LogP contribution in [0.4, 0.5) is 5.69 Å². The Labute approximate surface area is 113 Å². The van der Waals surface area contributed by atoms with Crippen LogP contribution in [-0.2, 0) is 0 Å². The van der Waals surface area contributed by atoms with Gasteiger partial charge < -0.3 is 36.6 Å². The molecule has 0 aliphatic heterocycles. The van der Waals surface area contributed by atoms with Gasteiger partial charge in [0.15, 0.2) is 12.6 Å². The van der Waals surface area contributed by atoms with Gasteiger partial charge in [-0.1, -0.05) is 12.1 Å². The second-order valence-electron chi connectivity index (χ2n) is 3.82. The van der Waals surface area contributed by atoms with Crippen molar-refractivity contribution in [3.63, 3.8) is 0 Å². The van der Waals surface area contributed by atoms with Crippen molar-refractivity contribution in [1.29, 1.82) is 0 Å². The van der Waals surface area contributed by atoms with Crippen LogP contribution >= 0.6 is 0 Å². The number of rotatable bonds is 6. The summed E-state index contributed by atoms with van der Waals surface area (Å²) in [7, 11) is 0. The zero-order chi connectivity index (χ0) is 15.3. The van der Waals surface area contributed by atoms with Crippen LogP contribution in [0.3, 0.4) is 0 Å². The normalized spacial score (nSPS) is 12.2. The van der Waals surface area contributed by atoms with Gasteiger partial charge in [0.1, 0.15) is 5.69 Å². The maximum atomic E-state index is 11.4. The number of nitrogens with two attached hydrogens (primary N) is 1. The van der Waals surface area contributed by atoms with Crippen molar-refractivity contribution in [2.75, 3.05) is 18.1 Å². The van der Waals surface area contributed by atoms with Gasteiger partial charge in [0.25, 0.3) is 0 Å². The van der Waals surface area contributed by atoms with Gasteiger partial charge in [-0.2, -0.15) is 0 Å². The molecule has 112 valence electrons. The Bertz CT molecular complexity index is 479. The van der Waals surface area contributed by atoms with Crippen molar-refractivity contribution < 1.29 is 30.6 Å². The van der Waals surface area contributed by atoms with E-state index in [1.165, 1.54) is 12.1 Å². The highest BCUT2D eigenvalue weighted by atomic mass is 16.6. The van der Waals surface area contributed by atoms with Gasteiger partial charge in [-0.25, -0.2) is 0 Å². The summed E-state index contributed by atoms with van der Waals surface area (Å²) in [6.45, 7) is -0.0978. The zero-order valence-electron chi connectivity index (χ0n) is 10.4. The Morgan fingerprint density at radius 1 is 1.25 bits per heavy atom. The maximum Gasteiger partial charge on any atom is 0.231 e. The first-order valence-corrected chi connectivity index (χ1v) is 5.58. The minimum absolute atomic E-state index is 0.00112. The monoisotopic (exact) mass is 288 g/mol. The molecule has 20 heavy (non-hydrogen) atoms. The first kappa shape index (κ1) is 16.1. The van der Waals surface area contributed by atoms with Gasteiger partial charge in [-0.05, 0) is 6.07 Å². The summed E-state index contributed by atoms with van der Waals surface area (Å²) in [5.74, 6) is 0. The van der Waals surface area contributed by atoms with Crippen LogP contribution in [0.15, 0.2) is 23.5 Å². The van der Waals surface area contributed by atoms with Crippen LogP contribution < -0.4 is 10.7 Å². The number of aliphatic hydroxyl groups excluding tert-OH is 2. The van der Waals surface area contributed by atoms with E-state index in [2.05, 4.69) is 5.28 Å². The Kier molecular flexibility index (Phi) is 5.61. The first-order chi connectivity index (χ1) is 9.42. The number of hydrazine groups is 1. The summed E-state index contributed by atoms with van der Waals surface area (Å²) in [4.78, 5) is -0.207. The highest BCUT2D eigenvalue weighted by Gasteiger charge is 2.23. The highest BCUT2D eigenvalue weighted by Crippen LogP contribution is 2.28. The smallest absolute Gasteiger partial charge is 0.231 e. The van der Waals surface area contributed by atoms with Crippen LogP contribution in [-0.4, -0.2) is 43.7 Å². The fraction of sp³-hybridized carbons (Fsp3) is 0.400. The molecule has 0 atom stereocenters. The van der Waals surface area contributed by atoms with E-state index >= 15 is 0 Å². The first-order valence-electron chi connectivity index (χ1n) is 5.58. The molecular formula is C10H16N4O6. The Hall–Kier alpha value is -1.98. The minimum atomic E-state index is -1.91. The number of benzene rings is 1. The summed E-state index contributed by atoms with van der Waals surface area (Å²) >= 11 is 0. The topological polar surface area (TPSA) is 169 Å². The van der Waals surface area contributed by atoms with E-state index in [9.17, 15) is 15.4 Å². The van der Waals surface area contributed by atoms with E-state index in [0.717, 1.165) is 11.1 Å². The molecule has 0 spiro atoms. The third kappa shape index (κ3) is 3.53. The lowest BCUT2D eigenvalue weighted by Gasteiger charge is -2.21. The van der Waals surface area contributed by atoms with Gasteiger partial charge in [0.2, 0.25) is 5.28 Å². The molecule has 0 amide bonds. The standard InChI is InChI=1S/C10H16N4O6/c11-3-4-13(14(20)12-19)8-5-6(9(15)16)1-2-7(8)10(17)18/h1-2,5,9-10,15-19H,3-4,11H2. The lowest BCUT2D eigenvalue weighted by molar-refractivity contribution is -0.567. The van der Waals surface area contributed by atoms with E-state index in [0.29, 0.717) is 0 Å². The SMILES string of the molecule is NCCN(c1cc(C(O)O)ccc1C(O)O)[N+]([O-])=NO. The molecule has 0 aliphatic carbocycles. The molecule has 0 bridgehead atoms. The fourth-order valence-corrected chi connectivity index (χ4v) is 1.63. The molecule has 0 aromatic heterocycles. The molecule has 0 unspecified atom stereocenters. The maximum absolute atomic E-state index is 11.4. The van der Waals surface area contributed by atoms with Crippen LogP contribution in [0.25, 0.3) is 0 Å². The average molecular weight is 288 g/mol. The molecular weight excluding hydrogens is 272 g/mol. The summed E-state index contributed by atoms with van der Waals surface area (Å²) in [5.41, 5.74) is 5.17. The van der Waals surface area contributed by atoms with Gasteiger partial charge in [0, 0.05) is 17.7 Å². The van der Waals surface area contributed by atoms with E-state index in [-0.39, 0.29) is 34.9 Å². The van der Waals surface area contributed by atoms with Crippen LogP contribution in [0, 0.1) is 5.21 Å². The number of aliphatic hydroxyl groups is 4. The largest absolute Gasteiger partial charge is 0.569 e. The molecule has 0 heterocycles. The van der Waals surface area contributed by atoms with Crippen molar-refractivity contribution >= 4 is 5.69 Å². The predicted octanol–water partition coefficient (Wildman–Crippen LogP) is -1.32. The Morgan fingerprint density at radius 3 is 2.35 bits per heavy atom. The summed E-state index contributed by atoms with van der Waals surface area (Å²) < 4.78 is 0. The molecule has 1 aromatic carbocycles. The van der Waals surface area contributed by atoms with Crippen molar-refractivity contribution in [1.82, 2.24) is 0 Å². The summed E-state index contributed by atoms with van der Waals surface area (Å²) in [6, 6.07) is 3.59. The fourth-order valence-electron chi connectivity index (χ4n) is 1.63. The van der Waals surface area contributed by atoms with E-state index in [1.807, 2.05) is 0 Å². The second kappa shape index (κ2) is 6.98. The zero-order valence-corrected chi connectivity index (χ0v) is 10.4. The van der Waals surface area contributed by atoms with Crippen molar-refractivity contribution in [2.24, 2.45) is 11.0 Å². The molecule has 1 aromatic rings. The average Bonchev–Trinajstić information content (AvgIpc) is 2.43. The van der Waals surface area contributed by atoms with Gasteiger partial charge in [0.05, 0.1) is 11.5 Å². The summed E-state index contributed by atoms with van der Waals surface area (Å²) in [6.07, 6.45) is -3.73. The second-order valence-corrected chi connectivity index (χ2v) is 3.82. The molecule has 0 radical (unpaired) electrons. The molecule has 0 saturated carbocycles. The van der Waals surface area contributed by atoms with Gasteiger partial charge in [-0.3, -0.25) is 0 Å². The van der Waals surface area contributed by atoms with Gasteiger partial charge >= 0.3 is 0 Å². The van der Waals surface area contributed by atoms with E-state index < -0.39 is 12.6 Å². The third-order valence-electron chi connectivity index (χ3n) is 2.53. The molecule has 1 rings (SSSR count). The molecule has 10 heteroatoms. The minimum Gasteiger partial charge on any atom is -0.569 e. The Balaban J connectivity index is 3.38. The molecule has 0 fully saturated rings. The number of anilines is 1. The molecule has 0 aliphatic rings. The highest BCUT2D eigenvalue weighted by molar-refractivity contribution is 5.54. The van der Waals surface area contributed by atoms with E-state index in [4.69, 9.17) is 21.2 Å². The molecule has 10 nitrogen and oxygen atoms in total. The van der Waals surface area contributed by atoms with E-state index in [1.54, 1.807) is 0 Å². The number of nitrogens with zero attached hydrogens (tertiary/aromatic N) is 3. The predicted molar refractivity (Wildman–Crippen MR) is 65.0 cm³/mol. The summed E-state index contributed by atoms with van der Waals surface area (Å²) in [5, 5.41) is 59.9. The molecule has 7 N–H and O–H groups in total. The van der Waals surface area contributed by atoms with Crippen molar-refractivity contribution in [3.8, 4) is 0 Å². The van der Waals surface area contributed by atoms with Crippen LogP contribution in [0.2, 0.25) is 0 Å². The third-order valence-corrected chi connectivity index (χ3v) is 2.53. The molecule has 0 saturated heterocycles.